The minimum absolute atomic E-state index is 0.170. The maximum Gasteiger partial charge on any atom is 0.218 e. The van der Waals surface area contributed by atoms with Crippen molar-refractivity contribution in [1.82, 2.24) is 4.98 Å². The molecule has 1 saturated heterocycles. The van der Waals surface area contributed by atoms with Gasteiger partial charge in [0.2, 0.25) is 5.88 Å². The van der Waals surface area contributed by atoms with Gasteiger partial charge in [0.05, 0.1) is 12.2 Å². The fourth-order valence-electron chi connectivity index (χ4n) is 2.51. The predicted molar refractivity (Wildman–Crippen MR) is 70.5 cm³/mol. The summed E-state index contributed by atoms with van der Waals surface area (Å²) in [6, 6.07) is 1.96. The van der Waals surface area contributed by atoms with Gasteiger partial charge in [0.15, 0.2) is 0 Å². The van der Waals surface area contributed by atoms with Gasteiger partial charge in [0, 0.05) is 31.1 Å². The molecule has 1 aromatic rings. The maximum absolute atomic E-state index is 6.03. The smallest absolute Gasteiger partial charge is 0.218 e. The fourth-order valence-corrected chi connectivity index (χ4v) is 2.51. The molecule has 1 aromatic heterocycles. The Balaban J connectivity index is 2.11. The van der Waals surface area contributed by atoms with E-state index in [9.17, 15) is 0 Å². The van der Waals surface area contributed by atoms with Crippen molar-refractivity contribution in [3.05, 3.63) is 23.4 Å². The quantitative estimate of drug-likeness (QED) is 0.893. The van der Waals surface area contributed by atoms with Crippen molar-refractivity contribution < 1.29 is 9.47 Å². The van der Waals surface area contributed by atoms with Gasteiger partial charge in [-0.05, 0) is 32.4 Å². The lowest BCUT2D eigenvalue weighted by Crippen LogP contribution is -2.36. The van der Waals surface area contributed by atoms with Gasteiger partial charge in [-0.3, -0.25) is 0 Å². The lowest BCUT2D eigenvalue weighted by atomic mass is 10.0. The number of nitrogens with two attached hydrogens (primary N) is 1. The van der Waals surface area contributed by atoms with Crippen LogP contribution < -0.4 is 10.5 Å². The average molecular weight is 250 g/mol. The van der Waals surface area contributed by atoms with Crippen LogP contribution in [0.5, 0.6) is 5.88 Å². The third-order valence-electron chi connectivity index (χ3n) is 3.39. The molecule has 0 spiro atoms. The van der Waals surface area contributed by atoms with Gasteiger partial charge in [0.25, 0.3) is 0 Å². The topological polar surface area (TPSA) is 57.4 Å². The molecule has 0 amide bonds. The van der Waals surface area contributed by atoms with E-state index >= 15 is 0 Å². The van der Waals surface area contributed by atoms with Crippen molar-refractivity contribution in [2.45, 2.75) is 58.5 Å². The summed E-state index contributed by atoms with van der Waals surface area (Å²) in [5.74, 6) is 0.684. The molecule has 4 heteroatoms. The van der Waals surface area contributed by atoms with Crippen LogP contribution in [0.2, 0.25) is 0 Å². The zero-order chi connectivity index (χ0) is 13.1. The molecule has 0 bridgehead atoms. The molecule has 0 saturated carbocycles. The van der Waals surface area contributed by atoms with Gasteiger partial charge >= 0.3 is 0 Å². The molecule has 4 nitrogen and oxygen atoms in total. The van der Waals surface area contributed by atoms with E-state index in [0.29, 0.717) is 12.4 Å². The van der Waals surface area contributed by atoms with E-state index in [2.05, 4.69) is 18.8 Å². The third kappa shape index (κ3) is 3.00. The summed E-state index contributed by atoms with van der Waals surface area (Å²) in [4.78, 5) is 4.31. The Morgan fingerprint density at radius 3 is 2.67 bits per heavy atom. The average Bonchev–Trinajstić information content (AvgIpc) is 2.27. The number of nitrogens with zero attached hydrogens (tertiary/aromatic N) is 1. The van der Waals surface area contributed by atoms with Crippen LogP contribution in [0.25, 0.3) is 0 Å². The van der Waals surface area contributed by atoms with Gasteiger partial charge in [0.1, 0.15) is 6.10 Å². The van der Waals surface area contributed by atoms with Crippen LogP contribution in [-0.2, 0) is 11.3 Å². The predicted octanol–water partition coefficient (Wildman–Crippen LogP) is 2.18. The maximum atomic E-state index is 6.03. The largest absolute Gasteiger partial charge is 0.474 e. The molecule has 1 aliphatic rings. The van der Waals surface area contributed by atoms with Gasteiger partial charge in [-0.1, -0.05) is 0 Å². The molecular weight excluding hydrogens is 228 g/mol. The summed E-state index contributed by atoms with van der Waals surface area (Å²) in [5, 5.41) is 0. The van der Waals surface area contributed by atoms with Crippen LogP contribution in [0.4, 0.5) is 0 Å². The highest BCUT2D eigenvalue weighted by atomic mass is 16.5. The Kier molecular flexibility index (Phi) is 4.19. The number of aryl methyl sites for hydroxylation is 1. The highest BCUT2D eigenvalue weighted by molar-refractivity contribution is 5.33. The monoisotopic (exact) mass is 250 g/mol. The minimum atomic E-state index is 0.170. The molecule has 1 fully saturated rings. The Morgan fingerprint density at radius 1 is 1.39 bits per heavy atom. The summed E-state index contributed by atoms with van der Waals surface area (Å²) in [7, 11) is 0. The molecule has 2 heterocycles. The minimum Gasteiger partial charge on any atom is -0.474 e. The number of rotatable bonds is 3. The molecule has 1 aliphatic heterocycles. The van der Waals surface area contributed by atoms with Crippen LogP contribution in [0.15, 0.2) is 12.3 Å². The first kappa shape index (κ1) is 13.3. The van der Waals surface area contributed by atoms with E-state index in [1.807, 2.05) is 13.0 Å². The van der Waals surface area contributed by atoms with Crippen molar-refractivity contribution in [2.75, 3.05) is 0 Å². The van der Waals surface area contributed by atoms with Crippen LogP contribution >= 0.6 is 0 Å². The molecule has 2 N–H and O–H groups in total. The Labute approximate surface area is 108 Å². The van der Waals surface area contributed by atoms with Gasteiger partial charge in [-0.15, -0.1) is 0 Å². The first-order valence-electron chi connectivity index (χ1n) is 6.56. The Morgan fingerprint density at radius 2 is 2.06 bits per heavy atom. The molecule has 18 heavy (non-hydrogen) atoms. The first-order valence-corrected chi connectivity index (χ1v) is 6.56. The van der Waals surface area contributed by atoms with Crippen LogP contribution in [0, 0.1) is 6.92 Å². The fraction of sp³-hybridized carbons (Fsp3) is 0.643. The van der Waals surface area contributed by atoms with Crippen LogP contribution in [0.3, 0.4) is 0 Å². The second kappa shape index (κ2) is 5.67. The lowest BCUT2D eigenvalue weighted by Gasteiger charge is -2.32. The van der Waals surface area contributed by atoms with Gasteiger partial charge in [-0.2, -0.15) is 0 Å². The third-order valence-corrected chi connectivity index (χ3v) is 3.39. The normalized spacial score (nSPS) is 28.1. The zero-order valence-electron chi connectivity index (χ0n) is 11.3. The zero-order valence-corrected chi connectivity index (χ0v) is 11.3. The van der Waals surface area contributed by atoms with E-state index in [1.165, 1.54) is 0 Å². The number of hydrogen-bond donors (Lipinski definition) is 1. The van der Waals surface area contributed by atoms with E-state index in [0.717, 1.165) is 24.0 Å². The summed E-state index contributed by atoms with van der Waals surface area (Å²) < 4.78 is 11.7. The van der Waals surface area contributed by atoms with E-state index < -0.39 is 0 Å². The van der Waals surface area contributed by atoms with Crippen molar-refractivity contribution in [3.63, 3.8) is 0 Å². The molecule has 2 rings (SSSR count). The van der Waals surface area contributed by atoms with E-state index in [1.54, 1.807) is 6.20 Å². The number of aromatic nitrogens is 1. The summed E-state index contributed by atoms with van der Waals surface area (Å²) in [6.45, 7) is 6.66. The highest BCUT2D eigenvalue weighted by Gasteiger charge is 2.26. The second-order valence-electron chi connectivity index (χ2n) is 5.08. The van der Waals surface area contributed by atoms with E-state index in [4.69, 9.17) is 15.2 Å². The van der Waals surface area contributed by atoms with Crippen molar-refractivity contribution >= 4 is 0 Å². The van der Waals surface area contributed by atoms with Gasteiger partial charge < -0.3 is 15.2 Å². The first-order chi connectivity index (χ1) is 8.60. The molecule has 0 aromatic carbocycles. The number of hydrogen-bond acceptors (Lipinski definition) is 4. The van der Waals surface area contributed by atoms with Crippen LogP contribution in [0.1, 0.15) is 37.8 Å². The summed E-state index contributed by atoms with van der Waals surface area (Å²) >= 11 is 0. The van der Waals surface area contributed by atoms with E-state index in [-0.39, 0.29) is 18.3 Å². The van der Waals surface area contributed by atoms with Crippen LogP contribution in [-0.4, -0.2) is 23.3 Å². The second-order valence-corrected chi connectivity index (χ2v) is 5.08. The lowest BCUT2D eigenvalue weighted by molar-refractivity contribution is -0.0731. The molecule has 2 atom stereocenters. The number of ether oxygens (including phenoxy) is 2. The van der Waals surface area contributed by atoms with Gasteiger partial charge in [-0.25, -0.2) is 4.98 Å². The standard InChI is InChI=1S/C14H22N2O2/c1-9-4-5-16-14(13(9)8-15)18-12-6-10(2)17-11(3)7-12/h4-5,10-12H,6-8,15H2,1-3H3. The molecule has 2 unspecified atom stereocenters. The molecule has 0 radical (unpaired) electrons. The summed E-state index contributed by atoms with van der Waals surface area (Å²) in [6.07, 6.45) is 4.24. The summed E-state index contributed by atoms with van der Waals surface area (Å²) in [5.41, 5.74) is 7.91. The molecular formula is C14H22N2O2. The number of pyridine rings is 1. The molecule has 0 aliphatic carbocycles. The Hall–Kier alpha value is -1.13. The SMILES string of the molecule is Cc1ccnc(OC2CC(C)OC(C)C2)c1CN. The molecule has 100 valence electrons. The highest BCUT2D eigenvalue weighted by Crippen LogP contribution is 2.26. The van der Waals surface area contributed by atoms with Crippen molar-refractivity contribution in [1.29, 1.82) is 0 Å². The van der Waals surface area contributed by atoms with Crippen molar-refractivity contribution in [2.24, 2.45) is 5.73 Å². The van der Waals surface area contributed by atoms with Crippen molar-refractivity contribution in [3.8, 4) is 5.88 Å². The Bertz CT molecular complexity index is 399.